The molecule has 1 aromatic heterocycles. The zero-order chi connectivity index (χ0) is 15.4. The number of hydrogen-bond acceptors (Lipinski definition) is 2. The van der Waals surface area contributed by atoms with Crippen LogP contribution in [0.3, 0.4) is 0 Å². The number of likely N-dealkylation sites (tertiary alicyclic amines) is 1. The molecule has 0 N–H and O–H groups in total. The number of hydrogen-bond donors (Lipinski definition) is 0. The van der Waals surface area contributed by atoms with Gasteiger partial charge in [0, 0.05) is 28.9 Å². The van der Waals surface area contributed by atoms with E-state index in [1.807, 2.05) is 23.1 Å². The molecule has 0 saturated carbocycles. The van der Waals surface area contributed by atoms with Gasteiger partial charge in [-0.05, 0) is 55.2 Å². The second-order valence-corrected chi connectivity index (χ2v) is 6.54. The van der Waals surface area contributed by atoms with Gasteiger partial charge < -0.3 is 4.90 Å². The van der Waals surface area contributed by atoms with Crippen LogP contribution in [-0.2, 0) is 4.79 Å². The molecule has 2 nitrogen and oxygen atoms in total. The first-order valence-electron chi connectivity index (χ1n) is 7.55. The minimum absolute atomic E-state index is 0.0939. The zero-order valence-corrected chi connectivity index (χ0v) is 13.1. The molecule has 0 radical (unpaired) electrons. The van der Waals surface area contributed by atoms with E-state index in [1.54, 1.807) is 29.5 Å². The topological polar surface area (TPSA) is 20.3 Å². The van der Waals surface area contributed by atoms with Crippen molar-refractivity contribution in [3.05, 3.63) is 53.2 Å². The van der Waals surface area contributed by atoms with Gasteiger partial charge in [0.2, 0.25) is 5.91 Å². The molecule has 114 valence electrons. The first kappa shape index (κ1) is 15.0. The van der Waals surface area contributed by atoms with Crippen LogP contribution < -0.4 is 0 Å². The number of halogens is 1. The fourth-order valence-corrected chi connectivity index (χ4v) is 3.50. The van der Waals surface area contributed by atoms with Gasteiger partial charge in [-0.3, -0.25) is 4.79 Å². The van der Waals surface area contributed by atoms with Gasteiger partial charge in [-0.15, -0.1) is 11.3 Å². The largest absolute Gasteiger partial charge is 0.339 e. The van der Waals surface area contributed by atoms with E-state index in [0.29, 0.717) is 0 Å². The lowest BCUT2D eigenvalue weighted by Gasteiger charge is -2.25. The van der Waals surface area contributed by atoms with Crippen LogP contribution in [0.4, 0.5) is 4.39 Å². The lowest BCUT2D eigenvalue weighted by atomic mass is 10.1. The smallest absolute Gasteiger partial charge is 0.246 e. The van der Waals surface area contributed by atoms with Crippen molar-refractivity contribution in [1.82, 2.24) is 4.90 Å². The predicted octanol–water partition coefficient (Wildman–Crippen LogP) is 4.58. The lowest BCUT2D eigenvalue weighted by Crippen LogP contribution is -2.34. The van der Waals surface area contributed by atoms with Crippen LogP contribution >= 0.6 is 11.3 Å². The summed E-state index contributed by atoms with van der Waals surface area (Å²) < 4.78 is 12.9. The number of thiophene rings is 1. The van der Waals surface area contributed by atoms with Crippen molar-refractivity contribution in [1.29, 1.82) is 0 Å². The Bertz CT molecular complexity index is 669. The third kappa shape index (κ3) is 3.63. The average molecular weight is 315 g/mol. The molecule has 3 rings (SSSR count). The summed E-state index contributed by atoms with van der Waals surface area (Å²) in [5.74, 6) is -0.135. The van der Waals surface area contributed by atoms with Gasteiger partial charge in [0.25, 0.3) is 0 Å². The molecule has 1 aliphatic heterocycles. The third-order valence-corrected chi connectivity index (χ3v) is 4.91. The summed E-state index contributed by atoms with van der Waals surface area (Å²) in [5, 5.41) is 0. The van der Waals surface area contributed by atoms with Crippen LogP contribution in [0.25, 0.3) is 16.5 Å². The standard InChI is InChI=1S/C18H18FNOS/c19-15-6-4-14(5-7-15)17-10-8-16(22-17)9-11-18(21)20-12-2-1-3-13-20/h4-11H,1-3,12-13H2/b11-9+. The average Bonchev–Trinajstić information content (AvgIpc) is 3.03. The summed E-state index contributed by atoms with van der Waals surface area (Å²) in [6.07, 6.45) is 6.96. The molecule has 1 amide bonds. The Labute approximate surface area is 133 Å². The first-order chi connectivity index (χ1) is 10.7. The van der Waals surface area contributed by atoms with E-state index in [4.69, 9.17) is 0 Å². The molecule has 2 heterocycles. The van der Waals surface area contributed by atoms with E-state index in [0.717, 1.165) is 41.2 Å². The normalized spacial score (nSPS) is 15.4. The van der Waals surface area contributed by atoms with Gasteiger partial charge in [0.1, 0.15) is 5.82 Å². The molecule has 0 aliphatic carbocycles. The maximum Gasteiger partial charge on any atom is 0.246 e. The minimum atomic E-state index is -0.229. The number of amides is 1. The van der Waals surface area contributed by atoms with E-state index in [9.17, 15) is 9.18 Å². The molecule has 1 aliphatic rings. The molecule has 0 spiro atoms. The number of rotatable bonds is 3. The fourth-order valence-electron chi connectivity index (χ4n) is 2.58. The summed E-state index contributed by atoms with van der Waals surface area (Å²) >= 11 is 1.60. The highest BCUT2D eigenvalue weighted by Crippen LogP contribution is 2.29. The predicted molar refractivity (Wildman–Crippen MR) is 89.2 cm³/mol. The van der Waals surface area contributed by atoms with Crippen molar-refractivity contribution in [2.24, 2.45) is 0 Å². The highest BCUT2D eigenvalue weighted by Gasteiger charge is 2.13. The van der Waals surface area contributed by atoms with Gasteiger partial charge in [0.15, 0.2) is 0 Å². The zero-order valence-electron chi connectivity index (χ0n) is 12.3. The molecular formula is C18H18FNOS. The lowest BCUT2D eigenvalue weighted by molar-refractivity contribution is -0.126. The van der Waals surface area contributed by atoms with E-state index in [2.05, 4.69) is 0 Å². The quantitative estimate of drug-likeness (QED) is 0.759. The van der Waals surface area contributed by atoms with Crippen LogP contribution in [0, 0.1) is 5.82 Å². The van der Waals surface area contributed by atoms with Crippen LogP contribution in [0.2, 0.25) is 0 Å². The molecule has 0 bridgehead atoms. The van der Waals surface area contributed by atoms with Gasteiger partial charge in [-0.2, -0.15) is 0 Å². The Kier molecular flexibility index (Phi) is 4.68. The van der Waals surface area contributed by atoms with E-state index < -0.39 is 0 Å². The summed E-state index contributed by atoms with van der Waals surface area (Å²) in [6.45, 7) is 1.74. The summed E-state index contributed by atoms with van der Waals surface area (Å²) in [4.78, 5) is 16.1. The maximum absolute atomic E-state index is 12.9. The van der Waals surface area contributed by atoms with Gasteiger partial charge in [-0.25, -0.2) is 4.39 Å². The van der Waals surface area contributed by atoms with Crippen molar-refractivity contribution in [2.75, 3.05) is 13.1 Å². The number of nitrogens with zero attached hydrogens (tertiary/aromatic N) is 1. The summed E-state index contributed by atoms with van der Waals surface area (Å²) in [5.41, 5.74) is 0.994. The molecule has 1 saturated heterocycles. The third-order valence-electron chi connectivity index (χ3n) is 3.81. The van der Waals surface area contributed by atoms with Gasteiger partial charge in [0.05, 0.1) is 0 Å². The second-order valence-electron chi connectivity index (χ2n) is 5.43. The molecule has 1 aromatic carbocycles. The Hall–Kier alpha value is -1.94. The monoisotopic (exact) mass is 315 g/mol. The molecule has 0 unspecified atom stereocenters. The van der Waals surface area contributed by atoms with Gasteiger partial charge >= 0.3 is 0 Å². The molecule has 1 fully saturated rings. The van der Waals surface area contributed by atoms with Crippen molar-refractivity contribution >= 4 is 23.3 Å². The van der Waals surface area contributed by atoms with E-state index in [-0.39, 0.29) is 11.7 Å². The van der Waals surface area contributed by atoms with Crippen molar-refractivity contribution in [2.45, 2.75) is 19.3 Å². The Morgan fingerprint density at radius 1 is 1.05 bits per heavy atom. The van der Waals surface area contributed by atoms with Crippen molar-refractivity contribution < 1.29 is 9.18 Å². The Morgan fingerprint density at radius 2 is 1.77 bits per heavy atom. The number of benzene rings is 1. The fraction of sp³-hybridized carbons (Fsp3) is 0.278. The molecule has 0 atom stereocenters. The molecule has 22 heavy (non-hydrogen) atoms. The number of piperidine rings is 1. The highest BCUT2D eigenvalue weighted by molar-refractivity contribution is 7.16. The Balaban J connectivity index is 1.67. The van der Waals surface area contributed by atoms with Crippen molar-refractivity contribution in [3.8, 4) is 10.4 Å². The summed E-state index contributed by atoms with van der Waals surface area (Å²) in [6, 6.07) is 10.5. The van der Waals surface area contributed by atoms with Crippen LogP contribution in [0.1, 0.15) is 24.1 Å². The minimum Gasteiger partial charge on any atom is -0.339 e. The number of carbonyl (C=O) groups excluding carboxylic acids is 1. The maximum atomic E-state index is 12.9. The van der Waals surface area contributed by atoms with Crippen LogP contribution in [0.15, 0.2) is 42.5 Å². The number of carbonyl (C=O) groups is 1. The summed E-state index contributed by atoms with van der Waals surface area (Å²) in [7, 11) is 0. The van der Waals surface area contributed by atoms with Gasteiger partial charge in [-0.1, -0.05) is 12.1 Å². The van der Waals surface area contributed by atoms with E-state index >= 15 is 0 Å². The van der Waals surface area contributed by atoms with Crippen LogP contribution in [0.5, 0.6) is 0 Å². The molecule has 2 aromatic rings. The Morgan fingerprint density at radius 3 is 2.50 bits per heavy atom. The first-order valence-corrected chi connectivity index (χ1v) is 8.37. The van der Waals surface area contributed by atoms with Crippen molar-refractivity contribution in [3.63, 3.8) is 0 Å². The molecular weight excluding hydrogens is 297 g/mol. The van der Waals surface area contributed by atoms with Crippen LogP contribution in [-0.4, -0.2) is 23.9 Å². The van der Waals surface area contributed by atoms with E-state index in [1.165, 1.54) is 18.6 Å². The second kappa shape index (κ2) is 6.88. The molecule has 4 heteroatoms. The SMILES string of the molecule is O=C(/C=C/c1ccc(-c2ccc(F)cc2)s1)N1CCCCC1. The highest BCUT2D eigenvalue weighted by atomic mass is 32.1.